The van der Waals surface area contributed by atoms with Gasteiger partial charge >= 0.3 is 0 Å². The Kier molecular flexibility index (Phi) is 5.71. The van der Waals surface area contributed by atoms with Crippen LogP contribution in [-0.2, 0) is 0 Å². The zero-order valence-electron chi connectivity index (χ0n) is 18.8. The number of hydrogen-bond acceptors (Lipinski definition) is 11. The molecule has 0 unspecified atom stereocenters. The van der Waals surface area contributed by atoms with E-state index in [1.807, 2.05) is 13.0 Å². The third kappa shape index (κ3) is 4.21. The highest BCUT2D eigenvalue weighted by molar-refractivity contribution is 6.02. The van der Waals surface area contributed by atoms with Crippen molar-refractivity contribution in [2.24, 2.45) is 5.10 Å². The van der Waals surface area contributed by atoms with Crippen LogP contribution in [0, 0.1) is 0 Å². The van der Waals surface area contributed by atoms with Crippen molar-refractivity contribution < 1.29 is 23.6 Å². The number of benzene rings is 2. The maximum Gasteiger partial charge on any atom is 0.294 e. The molecule has 35 heavy (non-hydrogen) atoms. The first-order valence-electron chi connectivity index (χ1n) is 10.6. The van der Waals surface area contributed by atoms with E-state index < -0.39 is 5.91 Å². The monoisotopic (exact) mass is 476 g/mol. The number of nitrogens with zero attached hydrogens (tertiary/aromatic N) is 6. The Morgan fingerprint density at radius 3 is 2.86 bits per heavy atom. The molecule has 0 radical (unpaired) electrons. The second-order valence-corrected chi connectivity index (χ2v) is 7.34. The van der Waals surface area contributed by atoms with Crippen molar-refractivity contribution in [3.63, 3.8) is 0 Å². The second kappa shape index (κ2) is 9.13. The van der Waals surface area contributed by atoms with Crippen molar-refractivity contribution in [2.75, 3.05) is 19.1 Å². The number of amides is 1. The van der Waals surface area contributed by atoms with Gasteiger partial charge in [0.15, 0.2) is 17.2 Å². The number of nitrogens with two attached hydrogens (primary N) is 1. The lowest BCUT2D eigenvalue weighted by Gasteiger charge is -2.09. The van der Waals surface area contributed by atoms with E-state index in [4.69, 9.17) is 24.6 Å². The highest BCUT2D eigenvalue weighted by Crippen LogP contribution is 2.33. The predicted octanol–water partition coefficient (Wildman–Crippen LogP) is 2.18. The van der Waals surface area contributed by atoms with E-state index in [0.29, 0.717) is 40.8 Å². The number of carbonyl (C=O) groups excluding carboxylic acids is 1. The summed E-state index contributed by atoms with van der Waals surface area (Å²) in [4.78, 5) is 13.1. The highest BCUT2D eigenvalue weighted by Gasteiger charge is 2.25. The Labute approximate surface area is 198 Å². The molecule has 3 N–H and O–H groups in total. The van der Waals surface area contributed by atoms with Gasteiger partial charge in [-0.1, -0.05) is 17.3 Å². The van der Waals surface area contributed by atoms with Gasteiger partial charge in [-0.25, -0.2) is 10.1 Å². The molecule has 0 atom stereocenters. The average Bonchev–Trinajstić information content (AvgIpc) is 3.61. The fraction of sp³-hybridized carbons (Fsp3) is 0.182. The second-order valence-electron chi connectivity index (χ2n) is 7.34. The topological polar surface area (TPSA) is 165 Å². The highest BCUT2D eigenvalue weighted by atomic mass is 16.7. The van der Waals surface area contributed by atoms with Crippen molar-refractivity contribution in [3.05, 3.63) is 53.7 Å². The van der Waals surface area contributed by atoms with E-state index >= 15 is 0 Å². The van der Waals surface area contributed by atoms with E-state index in [1.54, 1.807) is 43.3 Å². The SMILES string of the molecule is CCOc1cccc(-c2c(C(=O)NN=C(C)c3ccc4c(c3)OCO4)nnn2-c2nonc2N)c1. The van der Waals surface area contributed by atoms with Gasteiger partial charge in [0.25, 0.3) is 5.91 Å². The lowest BCUT2D eigenvalue weighted by atomic mass is 10.1. The van der Waals surface area contributed by atoms with Crippen LogP contribution in [-0.4, -0.2) is 50.3 Å². The Bertz CT molecular complexity index is 1430. The molecule has 0 spiro atoms. The summed E-state index contributed by atoms with van der Waals surface area (Å²) >= 11 is 0. The lowest BCUT2D eigenvalue weighted by molar-refractivity contribution is 0.0950. The molecule has 2 aromatic carbocycles. The minimum absolute atomic E-state index is 0.0108. The molecular formula is C22H20N8O5. The van der Waals surface area contributed by atoms with Gasteiger partial charge in [-0.2, -0.15) is 9.78 Å². The van der Waals surface area contributed by atoms with Gasteiger partial charge in [-0.3, -0.25) is 4.79 Å². The minimum atomic E-state index is -0.594. The van der Waals surface area contributed by atoms with Crippen molar-refractivity contribution >= 4 is 17.4 Å². The summed E-state index contributed by atoms with van der Waals surface area (Å²) in [6, 6.07) is 12.5. The molecule has 1 aliphatic heterocycles. The number of carbonyl (C=O) groups is 1. The molecule has 13 nitrogen and oxygen atoms in total. The molecule has 0 bridgehead atoms. The van der Waals surface area contributed by atoms with Crippen LogP contribution >= 0.6 is 0 Å². The summed E-state index contributed by atoms with van der Waals surface area (Å²) in [7, 11) is 0. The van der Waals surface area contributed by atoms with Gasteiger partial charge in [0, 0.05) is 11.1 Å². The molecule has 2 aromatic heterocycles. The molecule has 4 aromatic rings. The average molecular weight is 476 g/mol. The van der Waals surface area contributed by atoms with Gasteiger partial charge in [0.1, 0.15) is 11.4 Å². The summed E-state index contributed by atoms with van der Waals surface area (Å²) < 4.78 is 22.3. The number of nitrogen functional groups attached to an aromatic ring is 1. The van der Waals surface area contributed by atoms with Gasteiger partial charge in [0.05, 0.1) is 12.3 Å². The summed E-state index contributed by atoms with van der Waals surface area (Å²) in [5.74, 6) is 1.36. The van der Waals surface area contributed by atoms with Gasteiger partial charge in [0.2, 0.25) is 18.4 Å². The number of hydrogen-bond donors (Lipinski definition) is 2. The first-order chi connectivity index (χ1) is 17.0. The van der Waals surface area contributed by atoms with E-state index in [1.165, 1.54) is 4.68 Å². The van der Waals surface area contributed by atoms with Crippen molar-refractivity contribution in [3.8, 4) is 34.3 Å². The third-order valence-corrected chi connectivity index (χ3v) is 5.12. The van der Waals surface area contributed by atoms with Crippen LogP contribution in [0.4, 0.5) is 5.82 Å². The first kappa shape index (κ1) is 21.9. The number of fused-ring (bicyclic) bond motifs is 1. The lowest BCUT2D eigenvalue weighted by Crippen LogP contribution is -2.21. The molecule has 5 rings (SSSR count). The summed E-state index contributed by atoms with van der Waals surface area (Å²) in [6.07, 6.45) is 0. The zero-order valence-corrected chi connectivity index (χ0v) is 18.8. The van der Waals surface area contributed by atoms with Gasteiger partial charge in [-0.15, -0.1) is 5.10 Å². The smallest absolute Gasteiger partial charge is 0.294 e. The molecule has 0 saturated heterocycles. The molecule has 3 heterocycles. The summed E-state index contributed by atoms with van der Waals surface area (Å²) in [6.45, 7) is 4.27. The largest absolute Gasteiger partial charge is 0.494 e. The minimum Gasteiger partial charge on any atom is -0.494 e. The quantitative estimate of drug-likeness (QED) is 0.298. The Balaban J connectivity index is 1.49. The molecule has 0 saturated carbocycles. The van der Waals surface area contributed by atoms with Crippen molar-refractivity contribution in [2.45, 2.75) is 13.8 Å². The molecule has 0 aliphatic carbocycles. The fourth-order valence-electron chi connectivity index (χ4n) is 3.45. The summed E-state index contributed by atoms with van der Waals surface area (Å²) in [5, 5.41) is 19.7. The summed E-state index contributed by atoms with van der Waals surface area (Å²) in [5.41, 5.74) is 10.6. The third-order valence-electron chi connectivity index (χ3n) is 5.12. The Hall–Kier alpha value is -4.94. The molecule has 1 amide bonds. The maximum atomic E-state index is 13.1. The van der Waals surface area contributed by atoms with Crippen LogP contribution < -0.4 is 25.4 Å². The van der Waals surface area contributed by atoms with E-state index in [-0.39, 0.29) is 24.1 Å². The normalized spacial score (nSPS) is 12.6. The molecule has 0 fully saturated rings. The molecule has 13 heteroatoms. The van der Waals surface area contributed by atoms with E-state index in [2.05, 4.69) is 31.2 Å². The molecule has 1 aliphatic rings. The molecule has 178 valence electrons. The van der Waals surface area contributed by atoms with Crippen molar-refractivity contribution in [1.82, 2.24) is 30.7 Å². The predicted molar refractivity (Wildman–Crippen MR) is 122 cm³/mol. The van der Waals surface area contributed by atoms with Crippen LogP contribution in [0.5, 0.6) is 17.2 Å². The van der Waals surface area contributed by atoms with Crippen LogP contribution in [0.15, 0.2) is 52.2 Å². The fourth-order valence-corrected chi connectivity index (χ4v) is 3.45. The maximum absolute atomic E-state index is 13.1. The number of ether oxygens (including phenoxy) is 3. The zero-order chi connectivity index (χ0) is 24.4. The molecular weight excluding hydrogens is 456 g/mol. The van der Waals surface area contributed by atoms with Gasteiger partial charge < -0.3 is 19.9 Å². The van der Waals surface area contributed by atoms with E-state index in [9.17, 15) is 4.79 Å². The Morgan fingerprint density at radius 2 is 2.06 bits per heavy atom. The van der Waals surface area contributed by atoms with Crippen LogP contribution in [0.25, 0.3) is 17.1 Å². The number of nitrogens with one attached hydrogen (secondary N) is 1. The number of aromatic nitrogens is 5. The Morgan fingerprint density at radius 1 is 1.20 bits per heavy atom. The van der Waals surface area contributed by atoms with Crippen LogP contribution in [0.1, 0.15) is 29.9 Å². The number of rotatable bonds is 7. The van der Waals surface area contributed by atoms with Crippen LogP contribution in [0.2, 0.25) is 0 Å². The first-order valence-corrected chi connectivity index (χ1v) is 10.6. The van der Waals surface area contributed by atoms with Crippen molar-refractivity contribution in [1.29, 1.82) is 0 Å². The standard InChI is InChI=1S/C22H20N8O5/c1-3-32-15-6-4-5-14(9-15)19-18(25-29-30(19)21-20(23)27-35-28-21)22(31)26-24-12(2)13-7-8-16-17(10-13)34-11-33-16/h4-10H,3,11H2,1-2H3,(H2,23,27)(H,26,31). The van der Waals surface area contributed by atoms with Crippen LogP contribution in [0.3, 0.4) is 0 Å². The van der Waals surface area contributed by atoms with E-state index in [0.717, 1.165) is 5.56 Å². The number of hydrazone groups is 1. The number of anilines is 1. The van der Waals surface area contributed by atoms with Gasteiger partial charge in [-0.05, 0) is 54.5 Å².